The number of nitrogens with one attached hydrogen (secondary N) is 1. The van der Waals surface area contributed by atoms with Gasteiger partial charge in [-0.2, -0.15) is 0 Å². The zero-order chi connectivity index (χ0) is 20.6. The molecule has 1 saturated carbocycles. The molecule has 0 aliphatic heterocycles. The first-order chi connectivity index (χ1) is 14.1. The minimum Gasteiger partial charge on any atom is -0.353 e. The Bertz CT molecular complexity index is 853. The molecule has 1 amide bonds. The molecule has 1 aromatic carbocycles. The second kappa shape index (κ2) is 11.3. The smallest absolute Gasteiger partial charge is 0.230 e. The SMILES string of the molecule is C=CCn1c(CSCc2ccc(Cl)c(Cl)c2)nnc1SCC(=O)NC1CCCC1. The molecule has 9 heteroatoms. The van der Waals surface area contributed by atoms with Crippen molar-refractivity contribution >= 4 is 52.6 Å². The number of hydrogen-bond acceptors (Lipinski definition) is 5. The molecule has 0 saturated heterocycles. The summed E-state index contributed by atoms with van der Waals surface area (Å²) in [7, 11) is 0. The van der Waals surface area contributed by atoms with E-state index < -0.39 is 0 Å². The summed E-state index contributed by atoms with van der Waals surface area (Å²) in [6.45, 7) is 4.44. The van der Waals surface area contributed by atoms with Crippen molar-refractivity contribution in [1.82, 2.24) is 20.1 Å². The van der Waals surface area contributed by atoms with Crippen LogP contribution < -0.4 is 5.32 Å². The molecule has 1 aromatic heterocycles. The lowest BCUT2D eigenvalue weighted by Crippen LogP contribution is -2.33. The third-order valence-corrected chi connectivity index (χ3v) is 7.35. The Morgan fingerprint density at radius 1 is 1.24 bits per heavy atom. The van der Waals surface area contributed by atoms with E-state index in [4.69, 9.17) is 23.2 Å². The summed E-state index contributed by atoms with van der Waals surface area (Å²) < 4.78 is 2.02. The number of halogens is 2. The molecule has 0 unspecified atom stereocenters. The van der Waals surface area contributed by atoms with Crippen LogP contribution in [0.1, 0.15) is 37.1 Å². The minimum absolute atomic E-state index is 0.0607. The van der Waals surface area contributed by atoms with Gasteiger partial charge in [-0.25, -0.2) is 0 Å². The number of rotatable bonds is 10. The van der Waals surface area contributed by atoms with Gasteiger partial charge >= 0.3 is 0 Å². The predicted molar refractivity (Wildman–Crippen MR) is 123 cm³/mol. The van der Waals surface area contributed by atoms with Gasteiger partial charge in [0.05, 0.1) is 21.6 Å². The second-order valence-electron chi connectivity index (χ2n) is 6.88. The summed E-state index contributed by atoms with van der Waals surface area (Å²) in [5.41, 5.74) is 1.11. The van der Waals surface area contributed by atoms with Crippen LogP contribution in [-0.2, 0) is 22.8 Å². The first kappa shape index (κ1) is 22.5. The quantitative estimate of drug-likeness (QED) is 0.374. The molecule has 5 nitrogen and oxygen atoms in total. The molecule has 0 radical (unpaired) electrons. The van der Waals surface area contributed by atoms with Gasteiger partial charge in [-0.3, -0.25) is 4.79 Å². The molecule has 156 valence electrons. The lowest BCUT2D eigenvalue weighted by molar-refractivity contribution is -0.119. The van der Waals surface area contributed by atoms with Crippen molar-refractivity contribution in [2.45, 2.75) is 54.9 Å². The van der Waals surface area contributed by atoms with Crippen molar-refractivity contribution in [3.63, 3.8) is 0 Å². The molecule has 0 bridgehead atoms. The first-order valence-electron chi connectivity index (χ1n) is 9.53. The van der Waals surface area contributed by atoms with Crippen LogP contribution in [0.3, 0.4) is 0 Å². The zero-order valence-electron chi connectivity index (χ0n) is 16.1. The maximum Gasteiger partial charge on any atom is 0.230 e. The highest BCUT2D eigenvalue weighted by Crippen LogP contribution is 2.26. The van der Waals surface area contributed by atoms with Crippen molar-refractivity contribution in [3.8, 4) is 0 Å². The van der Waals surface area contributed by atoms with Gasteiger partial charge < -0.3 is 9.88 Å². The molecule has 1 heterocycles. The van der Waals surface area contributed by atoms with Crippen molar-refractivity contribution in [1.29, 1.82) is 0 Å². The van der Waals surface area contributed by atoms with Crippen LogP contribution >= 0.6 is 46.7 Å². The molecule has 0 atom stereocenters. The normalized spacial score (nSPS) is 14.3. The molecule has 1 fully saturated rings. The largest absolute Gasteiger partial charge is 0.353 e. The molecule has 1 aliphatic carbocycles. The third kappa shape index (κ3) is 6.67. The Morgan fingerprint density at radius 2 is 2.03 bits per heavy atom. The highest BCUT2D eigenvalue weighted by atomic mass is 35.5. The summed E-state index contributed by atoms with van der Waals surface area (Å²) in [6, 6.07) is 6.00. The Morgan fingerprint density at radius 3 is 2.76 bits per heavy atom. The van der Waals surface area contributed by atoms with Crippen LogP contribution in [0.2, 0.25) is 10.0 Å². The standard InChI is InChI=1S/C20H24Cl2N4OS2/c1-2-9-26-18(12-28-11-14-7-8-16(21)17(22)10-14)24-25-20(26)29-13-19(27)23-15-5-3-4-6-15/h2,7-8,10,15H,1,3-6,9,11-13H2,(H,23,27). The molecular weight excluding hydrogens is 447 g/mol. The van der Waals surface area contributed by atoms with Gasteiger partial charge in [0.15, 0.2) is 5.16 Å². The number of hydrogen-bond donors (Lipinski definition) is 1. The van der Waals surface area contributed by atoms with Gasteiger partial charge in [0.25, 0.3) is 0 Å². The molecule has 1 N–H and O–H groups in total. The summed E-state index contributed by atoms with van der Waals surface area (Å²) in [6.07, 6.45) is 6.40. The fourth-order valence-corrected chi connectivity index (χ4v) is 5.22. The Labute approximate surface area is 190 Å². The first-order valence-corrected chi connectivity index (χ1v) is 12.4. The van der Waals surface area contributed by atoms with Crippen LogP contribution in [0.5, 0.6) is 0 Å². The van der Waals surface area contributed by atoms with Gasteiger partial charge in [-0.15, -0.1) is 28.5 Å². The average Bonchev–Trinajstić information content (AvgIpc) is 3.34. The van der Waals surface area contributed by atoms with E-state index in [0.29, 0.717) is 34.1 Å². The van der Waals surface area contributed by atoms with E-state index >= 15 is 0 Å². The lowest BCUT2D eigenvalue weighted by Gasteiger charge is -2.12. The molecule has 3 rings (SSSR count). The van der Waals surface area contributed by atoms with Gasteiger partial charge in [0, 0.05) is 18.3 Å². The van der Waals surface area contributed by atoms with E-state index in [-0.39, 0.29) is 5.91 Å². The Kier molecular flexibility index (Phi) is 8.78. The number of amides is 1. The van der Waals surface area contributed by atoms with Gasteiger partial charge in [0.1, 0.15) is 5.82 Å². The number of carbonyl (C=O) groups is 1. The van der Waals surface area contributed by atoms with E-state index in [2.05, 4.69) is 22.1 Å². The molecule has 0 spiro atoms. The van der Waals surface area contributed by atoms with E-state index in [9.17, 15) is 4.79 Å². The highest BCUT2D eigenvalue weighted by Gasteiger charge is 2.18. The van der Waals surface area contributed by atoms with Gasteiger partial charge in [-0.1, -0.05) is 59.9 Å². The summed E-state index contributed by atoms with van der Waals surface area (Å²) in [5, 5.41) is 13.6. The van der Waals surface area contributed by atoms with Gasteiger partial charge in [-0.05, 0) is 30.5 Å². The second-order valence-corrected chi connectivity index (χ2v) is 9.62. The number of carbonyl (C=O) groups excluding carboxylic acids is 1. The Balaban J connectivity index is 1.53. The third-order valence-electron chi connectivity index (χ3n) is 4.64. The zero-order valence-corrected chi connectivity index (χ0v) is 19.2. The van der Waals surface area contributed by atoms with Crippen molar-refractivity contribution in [2.24, 2.45) is 0 Å². The topological polar surface area (TPSA) is 59.8 Å². The van der Waals surface area contributed by atoms with Crippen molar-refractivity contribution in [2.75, 3.05) is 5.75 Å². The molecule has 2 aromatic rings. The summed E-state index contributed by atoms with van der Waals surface area (Å²) in [4.78, 5) is 12.2. The maximum atomic E-state index is 12.2. The number of nitrogens with zero attached hydrogens (tertiary/aromatic N) is 3. The maximum absolute atomic E-state index is 12.2. The average molecular weight is 471 g/mol. The van der Waals surface area contributed by atoms with E-state index in [1.54, 1.807) is 11.8 Å². The van der Waals surface area contributed by atoms with E-state index in [1.165, 1.54) is 24.6 Å². The Hall–Kier alpha value is -1.15. The van der Waals surface area contributed by atoms with Crippen molar-refractivity contribution in [3.05, 3.63) is 52.3 Å². The van der Waals surface area contributed by atoms with E-state index in [1.807, 2.05) is 28.8 Å². The monoisotopic (exact) mass is 470 g/mol. The fraction of sp³-hybridized carbons (Fsp3) is 0.450. The van der Waals surface area contributed by atoms with Gasteiger partial charge in [0.2, 0.25) is 5.91 Å². The van der Waals surface area contributed by atoms with Crippen LogP contribution in [0.15, 0.2) is 36.0 Å². The predicted octanol–water partition coefficient (Wildman–Crippen LogP) is 5.36. The van der Waals surface area contributed by atoms with Crippen LogP contribution in [-0.4, -0.2) is 32.5 Å². The fourth-order valence-electron chi connectivity index (χ4n) is 3.20. The number of allylic oxidation sites excluding steroid dienone is 1. The summed E-state index contributed by atoms with van der Waals surface area (Å²) >= 11 is 15.2. The number of aromatic nitrogens is 3. The molecular formula is C20H24Cl2N4OS2. The highest BCUT2D eigenvalue weighted by molar-refractivity contribution is 7.99. The molecule has 1 aliphatic rings. The van der Waals surface area contributed by atoms with Crippen molar-refractivity contribution < 1.29 is 4.79 Å². The number of thioether (sulfide) groups is 2. The number of benzene rings is 1. The lowest BCUT2D eigenvalue weighted by atomic mass is 10.2. The van der Waals surface area contributed by atoms with Crippen LogP contribution in [0, 0.1) is 0 Å². The summed E-state index contributed by atoms with van der Waals surface area (Å²) in [5.74, 6) is 2.78. The van der Waals surface area contributed by atoms with Crippen LogP contribution in [0.4, 0.5) is 0 Å². The van der Waals surface area contributed by atoms with E-state index in [0.717, 1.165) is 35.1 Å². The molecule has 29 heavy (non-hydrogen) atoms. The van der Waals surface area contributed by atoms with Crippen LogP contribution in [0.25, 0.3) is 0 Å². The minimum atomic E-state index is 0.0607.